The van der Waals surface area contributed by atoms with Crippen LogP contribution in [0.5, 0.6) is 0 Å². The molecule has 132 valence electrons. The molecule has 0 fully saturated rings. The molecule has 22 heavy (non-hydrogen) atoms. The molecule has 0 unspecified atom stereocenters. The number of hydrogen-bond acceptors (Lipinski definition) is 5. The van der Waals surface area contributed by atoms with E-state index in [0.717, 1.165) is 6.42 Å². The highest BCUT2D eigenvalue weighted by atomic mass is 32.2. The second kappa shape index (κ2) is 12.0. The molecule has 0 atom stereocenters. The normalized spacial score (nSPS) is 10.2. The molecule has 0 aliphatic rings. The Morgan fingerprint density at radius 3 is 1.91 bits per heavy atom. The molecule has 0 aromatic heterocycles. The van der Waals surface area contributed by atoms with Crippen molar-refractivity contribution in [1.29, 1.82) is 0 Å². The number of carbonyl (C=O) groups is 4. The summed E-state index contributed by atoms with van der Waals surface area (Å²) in [5, 5.41) is 7.62. The van der Waals surface area contributed by atoms with Crippen LogP contribution in [-0.4, -0.2) is 54.1 Å². The lowest BCUT2D eigenvalue weighted by Gasteiger charge is -2.08. The van der Waals surface area contributed by atoms with Gasteiger partial charge in [-0.2, -0.15) is 0 Å². The van der Waals surface area contributed by atoms with Gasteiger partial charge in [0, 0.05) is 10.7 Å². The van der Waals surface area contributed by atoms with Gasteiger partial charge in [0.05, 0.1) is 25.4 Å². The summed E-state index contributed by atoms with van der Waals surface area (Å²) in [6.45, 7) is 5.44. The van der Waals surface area contributed by atoms with E-state index >= 15 is 0 Å². The first-order chi connectivity index (χ1) is 10.3. The number of thioether (sulfide) groups is 1. The number of rotatable bonds is 11. The van der Waals surface area contributed by atoms with E-state index in [1.165, 1.54) is 11.8 Å². The van der Waals surface area contributed by atoms with Crippen LogP contribution in [0.2, 0.25) is 0 Å². The Morgan fingerprint density at radius 1 is 0.909 bits per heavy atom. The van der Waals surface area contributed by atoms with Gasteiger partial charge in [0.1, 0.15) is 0 Å². The first-order valence-corrected chi connectivity index (χ1v) is 8.33. The van der Waals surface area contributed by atoms with Gasteiger partial charge in [-0.05, 0) is 11.7 Å². The van der Waals surface area contributed by atoms with Gasteiger partial charge in [0.25, 0.3) is 0 Å². The van der Waals surface area contributed by atoms with Gasteiger partial charge in [-0.15, -0.1) is 11.8 Å². The topological polar surface area (TPSA) is 104 Å². The third-order valence-corrected chi connectivity index (χ3v) is 3.55. The standard InChI is InChI=1S/C14H25N3O4S.3H2/c1-4-5-11(18)6-15-12(19)7-16-13(20)8-17-14(21)9-22-10(2)3;;;/h10H,4-9H2,1-3H3,(H,15,19)(H,16,20)(H,17,21);3*1H. The highest BCUT2D eigenvalue weighted by molar-refractivity contribution is 8.00. The van der Waals surface area contributed by atoms with Crippen molar-refractivity contribution in [3.8, 4) is 0 Å². The van der Waals surface area contributed by atoms with Gasteiger partial charge in [-0.1, -0.05) is 20.8 Å². The van der Waals surface area contributed by atoms with Crippen LogP contribution < -0.4 is 16.0 Å². The van der Waals surface area contributed by atoms with Gasteiger partial charge >= 0.3 is 0 Å². The van der Waals surface area contributed by atoms with Crippen LogP contribution in [0.4, 0.5) is 0 Å². The minimum atomic E-state index is -0.446. The SMILES string of the molecule is CCCC(=O)CNC(=O)CNC(=O)CNC(=O)CSC(C)C.[HH].[HH].[HH]. The molecule has 0 saturated heterocycles. The number of ketones is 1. The van der Waals surface area contributed by atoms with Crippen molar-refractivity contribution in [3.05, 3.63) is 0 Å². The molecular weight excluding hydrogens is 306 g/mol. The Morgan fingerprint density at radius 2 is 1.41 bits per heavy atom. The number of nitrogens with one attached hydrogen (secondary N) is 3. The predicted octanol–water partition coefficient (Wildman–Crippen LogP) is 0.584. The molecule has 0 heterocycles. The summed E-state index contributed by atoms with van der Waals surface area (Å²) < 4.78 is 0. The van der Waals surface area contributed by atoms with Gasteiger partial charge in [-0.3, -0.25) is 19.2 Å². The Labute approximate surface area is 139 Å². The molecule has 0 aromatic carbocycles. The summed E-state index contributed by atoms with van der Waals surface area (Å²) in [5.41, 5.74) is 0. The van der Waals surface area contributed by atoms with Crippen LogP contribution in [0, 0.1) is 0 Å². The summed E-state index contributed by atoms with van der Waals surface area (Å²) in [4.78, 5) is 45.5. The zero-order valence-corrected chi connectivity index (χ0v) is 14.2. The molecule has 7 nitrogen and oxygen atoms in total. The predicted molar refractivity (Wildman–Crippen MR) is 92.9 cm³/mol. The molecule has 0 bridgehead atoms. The van der Waals surface area contributed by atoms with E-state index in [1.54, 1.807) is 0 Å². The minimum Gasteiger partial charge on any atom is -0.347 e. The molecule has 3 amide bonds. The molecule has 0 aliphatic carbocycles. The Balaban J connectivity index is -0.000000735. The number of Topliss-reactive ketones (excluding diaryl/α,β-unsaturated/α-hetero) is 1. The molecule has 0 rings (SSSR count). The summed E-state index contributed by atoms with van der Waals surface area (Å²) >= 11 is 1.48. The average Bonchev–Trinajstić information content (AvgIpc) is 2.46. The monoisotopic (exact) mass is 337 g/mol. The zero-order chi connectivity index (χ0) is 17.0. The van der Waals surface area contributed by atoms with E-state index in [-0.39, 0.29) is 35.6 Å². The number of amides is 3. The molecule has 0 aromatic rings. The minimum absolute atomic E-state index is 0. The van der Waals surface area contributed by atoms with Gasteiger partial charge in [0.2, 0.25) is 17.7 Å². The van der Waals surface area contributed by atoms with Crippen LogP contribution in [0.15, 0.2) is 0 Å². The van der Waals surface area contributed by atoms with Crippen molar-refractivity contribution >= 4 is 35.3 Å². The van der Waals surface area contributed by atoms with Crippen molar-refractivity contribution in [1.82, 2.24) is 16.0 Å². The molecule has 0 radical (unpaired) electrons. The number of carbonyl (C=O) groups excluding carboxylic acids is 4. The van der Waals surface area contributed by atoms with Crippen molar-refractivity contribution < 1.29 is 23.5 Å². The number of hydrogen-bond donors (Lipinski definition) is 3. The van der Waals surface area contributed by atoms with Crippen LogP contribution in [0.1, 0.15) is 37.9 Å². The molecule has 0 spiro atoms. The van der Waals surface area contributed by atoms with E-state index < -0.39 is 11.8 Å². The van der Waals surface area contributed by atoms with Gasteiger partial charge in [0.15, 0.2) is 5.78 Å². The maximum Gasteiger partial charge on any atom is 0.239 e. The van der Waals surface area contributed by atoms with Crippen LogP contribution >= 0.6 is 11.8 Å². The van der Waals surface area contributed by atoms with Crippen LogP contribution in [-0.2, 0) is 19.2 Å². The Kier molecular flexibility index (Phi) is 11.2. The molecule has 8 heteroatoms. The second-order valence-electron chi connectivity index (χ2n) is 4.98. The van der Waals surface area contributed by atoms with E-state index in [4.69, 9.17) is 0 Å². The summed E-state index contributed by atoms with van der Waals surface area (Å²) in [6.07, 6.45) is 1.16. The first-order valence-electron chi connectivity index (χ1n) is 7.28. The third kappa shape index (κ3) is 12.2. The van der Waals surface area contributed by atoms with Crippen molar-refractivity contribution in [2.24, 2.45) is 0 Å². The largest absolute Gasteiger partial charge is 0.347 e. The van der Waals surface area contributed by atoms with Crippen molar-refractivity contribution in [3.63, 3.8) is 0 Å². The quantitative estimate of drug-likeness (QED) is 0.512. The fraction of sp³-hybridized carbons (Fsp3) is 0.714. The van der Waals surface area contributed by atoms with E-state index in [1.807, 2.05) is 20.8 Å². The lowest BCUT2D eigenvalue weighted by Crippen LogP contribution is -2.43. The smallest absolute Gasteiger partial charge is 0.239 e. The first kappa shape index (κ1) is 20.4. The lowest BCUT2D eigenvalue weighted by atomic mass is 10.2. The Hall–Kier alpha value is -1.57. The molecule has 0 saturated carbocycles. The maximum atomic E-state index is 11.5. The third-order valence-electron chi connectivity index (χ3n) is 2.45. The van der Waals surface area contributed by atoms with Gasteiger partial charge < -0.3 is 16.0 Å². The Bertz CT molecular complexity index is 413. The summed E-state index contributed by atoms with van der Waals surface area (Å²) in [5.74, 6) is -0.844. The van der Waals surface area contributed by atoms with E-state index in [9.17, 15) is 19.2 Å². The highest BCUT2D eigenvalue weighted by Gasteiger charge is 2.09. The van der Waals surface area contributed by atoms with Crippen LogP contribution in [0.25, 0.3) is 0 Å². The lowest BCUT2D eigenvalue weighted by molar-refractivity contribution is -0.128. The summed E-state index contributed by atoms with van der Waals surface area (Å²) in [6, 6.07) is 0. The van der Waals surface area contributed by atoms with E-state index in [0.29, 0.717) is 17.4 Å². The zero-order valence-electron chi connectivity index (χ0n) is 13.4. The fourth-order valence-electron chi connectivity index (χ4n) is 1.34. The van der Waals surface area contributed by atoms with Crippen LogP contribution in [0.3, 0.4) is 0 Å². The van der Waals surface area contributed by atoms with Gasteiger partial charge in [-0.25, -0.2) is 0 Å². The summed E-state index contributed by atoms with van der Waals surface area (Å²) in [7, 11) is 0. The van der Waals surface area contributed by atoms with Crippen molar-refractivity contribution in [2.45, 2.75) is 38.9 Å². The second-order valence-corrected chi connectivity index (χ2v) is 6.54. The molecular formula is C14H31N3O4S. The molecule has 3 N–H and O–H groups in total. The molecule has 0 aliphatic heterocycles. The maximum absolute atomic E-state index is 11.5. The fourth-order valence-corrected chi connectivity index (χ4v) is 1.93. The van der Waals surface area contributed by atoms with Crippen molar-refractivity contribution in [2.75, 3.05) is 25.4 Å². The average molecular weight is 337 g/mol. The highest BCUT2D eigenvalue weighted by Crippen LogP contribution is 2.07. The van der Waals surface area contributed by atoms with E-state index in [2.05, 4.69) is 16.0 Å².